The predicted molar refractivity (Wildman–Crippen MR) is 135 cm³/mol. The molecular weight excluding hydrogens is 452 g/mol. The summed E-state index contributed by atoms with van der Waals surface area (Å²) < 4.78 is 16.2. The number of aromatic nitrogens is 1. The van der Waals surface area contributed by atoms with Gasteiger partial charge in [0.15, 0.2) is 5.13 Å². The van der Waals surface area contributed by atoms with Crippen LogP contribution >= 0.6 is 11.3 Å². The van der Waals surface area contributed by atoms with E-state index in [2.05, 4.69) is 33.4 Å². The third-order valence-electron chi connectivity index (χ3n) is 5.63. The first-order chi connectivity index (χ1) is 16.6. The molecule has 0 atom stereocenters. The fourth-order valence-corrected chi connectivity index (χ4v) is 4.70. The van der Waals surface area contributed by atoms with E-state index in [1.165, 1.54) is 22.6 Å². The number of benzene rings is 2. The number of nitrogens with zero attached hydrogens (tertiary/aromatic N) is 3. The molecule has 0 aliphatic carbocycles. The highest BCUT2D eigenvalue weighted by Gasteiger charge is 2.17. The first-order valence-corrected chi connectivity index (χ1v) is 12.0. The topological polar surface area (TPSA) is 76.2 Å². The number of amides is 1. The molecule has 0 spiro atoms. The Morgan fingerprint density at radius 1 is 1.18 bits per heavy atom. The van der Waals surface area contributed by atoms with Gasteiger partial charge in [0.2, 0.25) is 5.91 Å². The fourth-order valence-electron chi connectivity index (χ4n) is 3.97. The highest BCUT2D eigenvalue weighted by molar-refractivity contribution is 7.14. The van der Waals surface area contributed by atoms with E-state index in [4.69, 9.17) is 14.2 Å². The summed E-state index contributed by atoms with van der Waals surface area (Å²) in [4.78, 5) is 21.6. The molecule has 8 nitrogen and oxygen atoms in total. The van der Waals surface area contributed by atoms with Crippen molar-refractivity contribution in [2.45, 2.75) is 6.54 Å². The SMILES string of the molecule is COc1ccc(-c2csc(NC(=O)CN(C)Cc3ccccc3N3CCOCC3)n2)c(OC)c1. The fraction of sp³-hybridized carbons (Fsp3) is 0.360. The first kappa shape index (κ1) is 24.0. The second-order valence-electron chi connectivity index (χ2n) is 8.05. The lowest BCUT2D eigenvalue weighted by molar-refractivity contribution is -0.117. The number of morpholine rings is 1. The Hall–Kier alpha value is -3.14. The number of ether oxygens (including phenoxy) is 3. The first-order valence-electron chi connectivity index (χ1n) is 11.1. The van der Waals surface area contributed by atoms with E-state index in [0.29, 0.717) is 23.2 Å². The number of hydrogen-bond donors (Lipinski definition) is 1. The van der Waals surface area contributed by atoms with Crippen LogP contribution in [0.1, 0.15) is 5.56 Å². The Morgan fingerprint density at radius 3 is 2.74 bits per heavy atom. The van der Waals surface area contributed by atoms with Crippen molar-refractivity contribution in [1.82, 2.24) is 9.88 Å². The van der Waals surface area contributed by atoms with Gasteiger partial charge in [-0.1, -0.05) is 18.2 Å². The average molecular weight is 483 g/mol. The van der Waals surface area contributed by atoms with Crippen LogP contribution in [0.25, 0.3) is 11.3 Å². The van der Waals surface area contributed by atoms with Crippen LogP contribution in [0.2, 0.25) is 0 Å². The third kappa shape index (κ3) is 5.85. The van der Waals surface area contributed by atoms with Crippen molar-refractivity contribution in [3.63, 3.8) is 0 Å². The summed E-state index contributed by atoms with van der Waals surface area (Å²) in [7, 11) is 5.18. The van der Waals surface area contributed by atoms with Gasteiger partial charge in [-0.2, -0.15) is 0 Å². The van der Waals surface area contributed by atoms with Crippen LogP contribution in [0, 0.1) is 0 Å². The maximum Gasteiger partial charge on any atom is 0.240 e. The molecule has 1 aromatic heterocycles. The van der Waals surface area contributed by atoms with E-state index in [-0.39, 0.29) is 12.5 Å². The van der Waals surface area contributed by atoms with E-state index < -0.39 is 0 Å². The second-order valence-corrected chi connectivity index (χ2v) is 8.91. The van der Waals surface area contributed by atoms with Crippen LogP contribution in [-0.2, 0) is 16.1 Å². The number of carbonyl (C=O) groups is 1. The van der Waals surface area contributed by atoms with Crippen molar-refractivity contribution >= 4 is 28.1 Å². The van der Waals surface area contributed by atoms with Gasteiger partial charge < -0.3 is 24.4 Å². The van der Waals surface area contributed by atoms with Crippen LogP contribution < -0.4 is 19.7 Å². The summed E-state index contributed by atoms with van der Waals surface area (Å²) in [5.74, 6) is 1.28. The van der Waals surface area contributed by atoms with Gasteiger partial charge in [0.1, 0.15) is 11.5 Å². The number of nitrogens with one attached hydrogen (secondary N) is 1. The smallest absolute Gasteiger partial charge is 0.240 e. The molecule has 9 heteroatoms. The number of rotatable bonds is 9. The molecule has 1 amide bonds. The summed E-state index contributed by atoms with van der Waals surface area (Å²) in [5.41, 5.74) is 3.99. The molecule has 1 fully saturated rings. The minimum absolute atomic E-state index is 0.103. The standard InChI is InChI=1S/C25H30N4O4S/c1-28(15-18-6-4-5-7-22(18)29-10-12-33-13-11-29)16-24(30)27-25-26-21(17-34-25)20-9-8-19(31-2)14-23(20)32-3/h4-9,14,17H,10-13,15-16H2,1-3H3,(H,26,27,30). The number of thiazole rings is 1. The number of likely N-dealkylation sites (N-methyl/N-ethyl adjacent to an activating group) is 1. The van der Waals surface area contributed by atoms with Crippen LogP contribution in [0.3, 0.4) is 0 Å². The van der Waals surface area contributed by atoms with Crippen LogP contribution in [0.5, 0.6) is 11.5 Å². The molecule has 3 aromatic rings. The molecule has 34 heavy (non-hydrogen) atoms. The van der Waals surface area contributed by atoms with Crippen molar-refractivity contribution in [3.8, 4) is 22.8 Å². The molecule has 1 N–H and O–H groups in total. The summed E-state index contributed by atoms with van der Waals surface area (Å²) in [5, 5.41) is 5.38. The molecule has 1 saturated heterocycles. The quantitative estimate of drug-likeness (QED) is 0.498. The lowest BCUT2D eigenvalue weighted by Gasteiger charge is -2.31. The number of methoxy groups -OCH3 is 2. The highest BCUT2D eigenvalue weighted by Crippen LogP contribution is 2.34. The Balaban J connectivity index is 1.37. The molecular formula is C25H30N4O4S. The van der Waals surface area contributed by atoms with Gasteiger partial charge in [0.05, 0.1) is 39.7 Å². The van der Waals surface area contributed by atoms with Crippen molar-refractivity contribution in [2.75, 3.05) is 64.3 Å². The van der Waals surface area contributed by atoms with Crippen LogP contribution in [0.4, 0.5) is 10.8 Å². The van der Waals surface area contributed by atoms with Crippen molar-refractivity contribution in [3.05, 3.63) is 53.4 Å². The van der Waals surface area contributed by atoms with Gasteiger partial charge >= 0.3 is 0 Å². The predicted octanol–water partition coefficient (Wildman–Crippen LogP) is 3.73. The normalized spacial score (nSPS) is 13.7. The van der Waals surface area contributed by atoms with E-state index in [1.54, 1.807) is 14.2 Å². The van der Waals surface area contributed by atoms with Crippen molar-refractivity contribution in [1.29, 1.82) is 0 Å². The van der Waals surface area contributed by atoms with Crippen molar-refractivity contribution < 1.29 is 19.0 Å². The van der Waals surface area contributed by atoms with Gasteiger partial charge in [-0.3, -0.25) is 9.69 Å². The Morgan fingerprint density at radius 2 is 1.97 bits per heavy atom. The zero-order chi connectivity index (χ0) is 23.9. The minimum atomic E-state index is -0.103. The molecule has 0 saturated carbocycles. The van der Waals surface area contributed by atoms with Crippen LogP contribution in [0.15, 0.2) is 47.8 Å². The Labute approximate surface area is 204 Å². The molecule has 2 aromatic carbocycles. The van der Waals surface area contributed by atoms with Gasteiger partial charge in [-0.05, 0) is 30.8 Å². The maximum absolute atomic E-state index is 12.7. The maximum atomic E-state index is 12.7. The molecule has 2 heterocycles. The van der Waals surface area contributed by atoms with Gasteiger partial charge in [-0.25, -0.2) is 4.98 Å². The Bertz CT molecular complexity index is 1110. The summed E-state index contributed by atoms with van der Waals surface area (Å²) >= 11 is 1.39. The second kappa shape index (κ2) is 11.3. The monoisotopic (exact) mass is 482 g/mol. The number of anilines is 2. The van der Waals surface area contributed by atoms with Gasteiger partial charge in [-0.15, -0.1) is 11.3 Å². The summed E-state index contributed by atoms with van der Waals surface area (Å²) in [6.45, 7) is 4.18. The van der Waals surface area contributed by atoms with Gasteiger partial charge in [0.25, 0.3) is 0 Å². The number of hydrogen-bond acceptors (Lipinski definition) is 8. The lowest BCUT2D eigenvalue weighted by Crippen LogP contribution is -2.37. The van der Waals surface area contributed by atoms with E-state index in [9.17, 15) is 4.79 Å². The summed E-state index contributed by atoms with van der Waals surface area (Å²) in [6, 6.07) is 13.9. The summed E-state index contributed by atoms with van der Waals surface area (Å²) in [6.07, 6.45) is 0. The molecule has 1 aliphatic heterocycles. The minimum Gasteiger partial charge on any atom is -0.497 e. The number of carbonyl (C=O) groups excluding carboxylic acids is 1. The van der Waals surface area contributed by atoms with E-state index in [1.807, 2.05) is 41.6 Å². The molecule has 0 radical (unpaired) electrons. The molecule has 1 aliphatic rings. The molecule has 4 rings (SSSR count). The average Bonchev–Trinajstić information content (AvgIpc) is 3.32. The molecule has 0 bridgehead atoms. The van der Waals surface area contributed by atoms with E-state index in [0.717, 1.165) is 37.6 Å². The largest absolute Gasteiger partial charge is 0.497 e. The zero-order valence-corrected chi connectivity index (χ0v) is 20.6. The van der Waals surface area contributed by atoms with Gasteiger partial charge in [0, 0.05) is 42.3 Å². The zero-order valence-electron chi connectivity index (χ0n) is 19.7. The van der Waals surface area contributed by atoms with E-state index >= 15 is 0 Å². The molecule has 0 unspecified atom stereocenters. The lowest BCUT2D eigenvalue weighted by atomic mass is 10.1. The molecule has 180 valence electrons. The third-order valence-corrected chi connectivity index (χ3v) is 6.39. The Kier molecular flexibility index (Phi) is 7.99. The highest BCUT2D eigenvalue weighted by atomic mass is 32.1. The van der Waals surface area contributed by atoms with Crippen molar-refractivity contribution in [2.24, 2.45) is 0 Å². The number of para-hydroxylation sites is 1. The van der Waals surface area contributed by atoms with Crippen LogP contribution in [-0.4, -0.2) is 69.9 Å².